The van der Waals surface area contributed by atoms with Crippen LogP contribution in [0.1, 0.15) is 25.7 Å². The van der Waals surface area contributed by atoms with Crippen molar-refractivity contribution in [1.29, 1.82) is 0 Å². The van der Waals surface area contributed by atoms with Gasteiger partial charge in [-0.3, -0.25) is 0 Å². The second kappa shape index (κ2) is 2.87. The van der Waals surface area contributed by atoms with Crippen molar-refractivity contribution < 1.29 is 18.6 Å². The van der Waals surface area contributed by atoms with E-state index in [2.05, 4.69) is 0 Å². The van der Waals surface area contributed by atoms with Gasteiger partial charge in [0.15, 0.2) is 0 Å². The number of rotatable bonds is 1. The highest BCUT2D eigenvalue weighted by molar-refractivity contribution is 5.15. The molecule has 1 aliphatic carbocycles. The van der Waals surface area contributed by atoms with Gasteiger partial charge in [0.2, 0.25) is 0 Å². The summed E-state index contributed by atoms with van der Waals surface area (Å²) in [6.45, 7) is 0.808. The first kappa shape index (κ1) is 10.3. The quantitative estimate of drug-likeness (QED) is 0.664. The van der Waals surface area contributed by atoms with E-state index in [1.54, 1.807) is 0 Å². The third-order valence-corrected chi connectivity index (χ3v) is 3.39. The lowest BCUT2D eigenvalue weighted by Gasteiger charge is -2.55. The molecule has 0 amide bonds. The first-order valence-electron chi connectivity index (χ1n) is 4.84. The fourth-order valence-corrected chi connectivity index (χ4v) is 2.41. The highest BCUT2D eigenvalue weighted by Gasteiger charge is 2.63. The number of hydrogen-bond donors (Lipinski definition) is 2. The normalized spacial score (nSPS) is 33.4. The Bertz CT molecular complexity index is 231. The van der Waals surface area contributed by atoms with Crippen LogP contribution in [-0.2, 0) is 4.74 Å². The summed E-state index contributed by atoms with van der Waals surface area (Å²) in [4.78, 5) is 0. The van der Waals surface area contributed by atoms with Gasteiger partial charge in [-0.15, -0.1) is 0 Å². The zero-order chi connectivity index (χ0) is 10.4. The molecule has 0 atom stereocenters. The summed E-state index contributed by atoms with van der Waals surface area (Å²) in [6.07, 6.45) is -0.0911. The summed E-state index contributed by atoms with van der Waals surface area (Å²) >= 11 is 0. The molecule has 0 spiro atoms. The van der Waals surface area contributed by atoms with Gasteiger partial charge < -0.3 is 15.6 Å². The molecule has 3 N–H and O–H groups in total. The van der Waals surface area contributed by atoms with E-state index in [4.69, 9.17) is 10.5 Å². The van der Waals surface area contributed by atoms with Crippen LogP contribution < -0.4 is 5.73 Å². The van der Waals surface area contributed by atoms with E-state index < -0.39 is 29.9 Å². The van der Waals surface area contributed by atoms with E-state index in [-0.39, 0.29) is 0 Å². The molecule has 0 aromatic rings. The molecule has 0 radical (unpaired) electrons. The Morgan fingerprint density at radius 2 is 1.64 bits per heavy atom. The Morgan fingerprint density at radius 1 is 1.14 bits per heavy atom. The highest BCUT2D eigenvalue weighted by Crippen LogP contribution is 2.51. The number of nitrogens with two attached hydrogens (primary N) is 1. The van der Waals surface area contributed by atoms with Gasteiger partial charge in [0.1, 0.15) is 0 Å². The lowest BCUT2D eigenvalue weighted by Crippen LogP contribution is -2.72. The summed E-state index contributed by atoms with van der Waals surface area (Å²) < 4.78 is 30.5. The maximum absolute atomic E-state index is 12.7. The molecule has 3 nitrogen and oxygen atoms in total. The Morgan fingerprint density at radius 3 is 2.07 bits per heavy atom. The van der Waals surface area contributed by atoms with E-state index in [9.17, 15) is 13.9 Å². The summed E-state index contributed by atoms with van der Waals surface area (Å²) in [7, 11) is 0. The van der Waals surface area contributed by atoms with Crippen molar-refractivity contribution in [1.82, 2.24) is 0 Å². The molecule has 1 saturated carbocycles. The first-order chi connectivity index (χ1) is 6.37. The summed E-state index contributed by atoms with van der Waals surface area (Å²) in [5, 5.41) is 10.1. The topological polar surface area (TPSA) is 55.5 Å². The van der Waals surface area contributed by atoms with Crippen molar-refractivity contribution in [3.63, 3.8) is 0 Å². The van der Waals surface area contributed by atoms with Crippen molar-refractivity contribution in [2.45, 2.75) is 42.7 Å². The van der Waals surface area contributed by atoms with Crippen LogP contribution in [0, 0.1) is 0 Å². The molecule has 1 saturated heterocycles. The van der Waals surface area contributed by atoms with Gasteiger partial charge in [0.25, 0.3) is 5.92 Å². The van der Waals surface area contributed by atoms with Gasteiger partial charge >= 0.3 is 0 Å². The molecule has 0 bridgehead atoms. The second-order valence-electron chi connectivity index (χ2n) is 4.51. The number of alkyl halides is 2. The molecule has 0 unspecified atom stereocenters. The zero-order valence-electron chi connectivity index (χ0n) is 7.93. The summed E-state index contributed by atoms with van der Waals surface area (Å²) in [6, 6.07) is 0. The van der Waals surface area contributed by atoms with Crippen LogP contribution in [-0.4, -0.2) is 35.4 Å². The zero-order valence-corrected chi connectivity index (χ0v) is 7.93. The maximum atomic E-state index is 12.7. The van der Waals surface area contributed by atoms with Crippen LogP contribution in [0.2, 0.25) is 0 Å². The van der Waals surface area contributed by atoms with Gasteiger partial charge in [-0.05, 0) is 0 Å². The maximum Gasteiger partial charge on any atom is 0.251 e. The lowest BCUT2D eigenvalue weighted by molar-refractivity contribution is -0.211. The van der Waals surface area contributed by atoms with Crippen molar-refractivity contribution in [3.8, 4) is 0 Å². The molecule has 5 heteroatoms. The Balaban J connectivity index is 2.07. The number of halogens is 2. The van der Waals surface area contributed by atoms with Crippen molar-refractivity contribution in [2.75, 3.05) is 13.2 Å². The Kier molecular flexibility index (Phi) is 2.10. The molecule has 2 rings (SSSR count). The molecular formula is C9H15F2NO2. The van der Waals surface area contributed by atoms with Crippen LogP contribution in [0.4, 0.5) is 8.78 Å². The van der Waals surface area contributed by atoms with Crippen LogP contribution in [0.15, 0.2) is 0 Å². The first-order valence-corrected chi connectivity index (χ1v) is 4.84. The second-order valence-corrected chi connectivity index (χ2v) is 4.51. The van der Waals surface area contributed by atoms with E-state index in [0.29, 0.717) is 26.1 Å². The van der Waals surface area contributed by atoms with Crippen molar-refractivity contribution in [2.24, 2.45) is 5.73 Å². The fourth-order valence-electron chi connectivity index (χ4n) is 2.41. The van der Waals surface area contributed by atoms with E-state index in [0.717, 1.165) is 0 Å². The van der Waals surface area contributed by atoms with E-state index >= 15 is 0 Å². The molecule has 0 aromatic carbocycles. The fraction of sp³-hybridized carbons (Fsp3) is 1.00. The van der Waals surface area contributed by atoms with E-state index in [1.165, 1.54) is 0 Å². The lowest BCUT2D eigenvalue weighted by atomic mass is 9.61. The standard InChI is InChI=1S/C9H15F2NO2/c10-9(11)5-7(12,6-9)8(13)1-3-14-4-2-8/h13H,1-6,12H2. The minimum absolute atomic E-state index is 0.361. The van der Waals surface area contributed by atoms with Gasteiger partial charge in [-0.25, -0.2) is 8.78 Å². The third-order valence-electron chi connectivity index (χ3n) is 3.39. The number of aliphatic hydroxyl groups is 1. The minimum atomic E-state index is -2.69. The average molecular weight is 207 g/mol. The van der Waals surface area contributed by atoms with E-state index in [1.807, 2.05) is 0 Å². The summed E-state index contributed by atoms with van der Waals surface area (Å²) in [5.41, 5.74) is 3.53. The molecular weight excluding hydrogens is 192 g/mol. The van der Waals surface area contributed by atoms with Crippen LogP contribution in [0.5, 0.6) is 0 Å². The average Bonchev–Trinajstić information content (AvgIpc) is 2.01. The number of ether oxygens (including phenoxy) is 1. The molecule has 82 valence electrons. The SMILES string of the molecule is NC1(C2(O)CCOCC2)CC(F)(F)C1. The van der Waals surface area contributed by atoms with Gasteiger partial charge in [0, 0.05) is 38.9 Å². The van der Waals surface area contributed by atoms with Crippen LogP contribution in [0.25, 0.3) is 0 Å². The monoisotopic (exact) mass is 207 g/mol. The smallest absolute Gasteiger partial charge is 0.251 e. The number of hydrogen-bond acceptors (Lipinski definition) is 3. The molecule has 1 aliphatic heterocycles. The van der Waals surface area contributed by atoms with Gasteiger partial charge in [-0.2, -0.15) is 0 Å². The molecule has 0 aromatic heterocycles. The Labute approximate surface area is 81.2 Å². The van der Waals surface area contributed by atoms with Crippen molar-refractivity contribution in [3.05, 3.63) is 0 Å². The highest BCUT2D eigenvalue weighted by atomic mass is 19.3. The van der Waals surface area contributed by atoms with Gasteiger partial charge in [-0.1, -0.05) is 0 Å². The predicted molar refractivity (Wildman–Crippen MR) is 46.1 cm³/mol. The third kappa shape index (κ3) is 1.43. The molecule has 2 fully saturated rings. The Hall–Kier alpha value is -0.260. The van der Waals surface area contributed by atoms with Crippen LogP contribution in [0.3, 0.4) is 0 Å². The van der Waals surface area contributed by atoms with Gasteiger partial charge in [0.05, 0.1) is 11.1 Å². The molecule has 1 heterocycles. The van der Waals surface area contributed by atoms with Crippen molar-refractivity contribution >= 4 is 0 Å². The van der Waals surface area contributed by atoms with Crippen LogP contribution >= 0.6 is 0 Å². The summed E-state index contributed by atoms with van der Waals surface area (Å²) in [5.74, 6) is -2.69. The molecule has 14 heavy (non-hydrogen) atoms. The predicted octanol–water partition coefficient (Wildman–Crippen LogP) is 0.654. The molecule has 2 aliphatic rings. The largest absolute Gasteiger partial charge is 0.388 e. The minimum Gasteiger partial charge on any atom is -0.388 e.